The van der Waals surface area contributed by atoms with E-state index in [1.54, 1.807) is 37.7 Å². The maximum Gasteiger partial charge on any atom is 0.162 e. The quantitative estimate of drug-likeness (QED) is 0.598. The third-order valence-electron chi connectivity index (χ3n) is 2.25. The molecular formula is C14H17N3O. The Bertz CT molecular complexity index is 576. The predicted octanol–water partition coefficient (Wildman–Crippen LogP) is 3.58. The van der Waals surface area contributed by atoms with Crippen LogP contribution < -0.4 is 0 Å². The number of hydrogen-bond acceptors (Lipinski definition) is 4. The maximum absolute atomic E-state index is 11.5. The second-order valence-corrected chi connectivity index (χ2v) is 3.33. The van der Waals surface area contributed by atoms with Crippen LogP contribution in [0.3, 0.4) is 0 Å². The molecule has 0 atom stereocenters. The van der Waals surface area contributed by atoms with Crippen LogP contribution in [0.25, 0.3) is 11.0 Å². The molecule has 0 radical (unpaired) electrons. The van der Waals surface area contributed by atoms with Gasteiger partial charge in [0.15, 0.2) is 5.78 Å². The molecule has 0 saturated carbocycles. The molecule has 0 aliphatic rings. The minimum atomic E-state index is -0.0202. The van der Waals surface area contributed by atoms with Gasteiger partial charge in [0.1, 0.15) is 11.2 Å². The Morgan fingerprint density at radius 3 is 2.50 bits per heavy atom. The van der Waals surface area contributed by atoms with E-state index in [0.29, 0.717) is 16.8 Å². The molecule has 0 aliphatic heterocycles. The first-order chi connectivity index (χ1) is 8.74. The van der Waals surface area contributed by atoms with Gasteiger partial charge in [-0.2, -0.15) is 0 Å². The van der Waals surface area contributed by atoms with Crippen molar-refractivity contribution in [2.45, 2.75) is 27.7 Å². The Morgan fingerprint density at radius 1 is 1.22 bits per heavy atom. The van der Waals surface area contributed by atoms with Crippen LogP contribution in [0.4, 0.5) is 5.69 Å². The molecule has 0 aliphatic carbocycles. The average Bonchev–Trinajstić information content (AvgIpc) is 2.41. The van der Waals surface area contributed by atoms with E-state index in [1.165, 1.54) is 6.92 Å². The van der Waals surface area contributed by atoms with Gasteiger partial charge in [0, 0.05) is 24.2 Å². The van der Waals surface area contributed by atoms with Crippen LogP contribution in [0, 0.1) is 0 Å². The Morgan fingerprint density at radius 2 is 1.89 bits per heavy atom. The highest BCUT2D eigenvalue weighted by Crippen LogP contribution is 2.27. The minimum absolute atomic E-state index is 0.0202. The molecule has 0 bridgehead atoms. The highest BCUT2D eigenvalue weighted by molar-refractivity contribution is 6.05. The van der Waals surface area contributed by atoms with E-state index < -0.39 is 0 Å². The molecule has 0 spiro atoms. The first-order valence-corrected chi connectivity index (χ1v) is 5.97. The highest BCUT2D eigenvalue weighted by atomic mass is 16.1. The lowest BCUT2D eigenvalue weighted by atomic mass is 10.1. The third-order valence-corrected chi connectivity index (χ3v) is 2.25. The Hall–Kier alpha value is -2.10. The second kappa shape index (κ2) is 6.59. The molecule has 18 heavy (non-hydrogen) atoms. The largest absolute Gasteiger partial charge is 0.294 e. The number of ketones is 1. The SMILES string of the molecule is CC.CC=Nc1c(C(C)=O)ccc2nccnc12. The molecule has 2 aromatic rings. The normalized spacial score (nSPS) is 10.2. The van der Waals surface area contributed by atoms with Crippen LogP contribution in [-0.2, 0) is 0 Å². The Kier molecular flexibility index (Phi) is 5.11. The van der Waals surface area contributed by atoms with Crippen molar-refractivity contribution in [2.75, 3.05) is 0 Å². The number of fused-ring (bicyclic) bond motifs is 1. The van der Waals surface area contributed by atoms with Gasteiger partial charge in [0.05, 0.1) is 5.52 Å². The summed E-state index contributed by atoms with van der Waals surface area (Å²) in [6.45, 7) is 7.32. The van der Waals surface area contributed by atoms with Crippen molar-refractivity contribution in [3.8, 4) is 0 Å². The summed E-state index contributed by atoms with van der Waals surface area (Å²) in [7, 11) is 0. The Labute approximate surface area is 107 Å². The molecule has 4 nitrogen and oxygen atoms in total. The van der Waals surface area contributed by atoms with Gasteiger partial charge in [-0.15, -0.1) is 0 Å². The summed E-state index contributed by atoms with van der Waals surface area (Å²) < 4.78 is 0. The molecule has 2 rings (SSSR count). The van der Waals surface area contributed by atoms with E-state index in [1.807, 2.05) is 13.8 Å². The molecule has 94 valence electrons. The molecule has 0 N–H and O–H groups in total. The lowest BCUT2D eigenvalue weighted by Crippen LogP contribution is -1.95. The summed E-state index contributed by atoms with van der Waals surface area (Å²) in [4.78, 5) is 24.1. The van der Waals surface area contributed by atoms with Gasteiger partial charge in [0.2, 0.25) is 0 Å². The first kappa shape index (κ1) is 14.0. The summed E-state index contributed by atoms with van der Waals surface area (Å²) in [6.07, 6.45) is 4.87. The molecule has 4 heteroatoms. The fourth-order valence-electron chi connectivity index (χ4n) is 1.57. The number of rotatable bonds is 2. The molecule has 1 heterocycles. The first-order valence-electron chi connectivity index (χ1n) is 5.97. The van der Waals surface area contributed by atoms with E-state index in [2.05, 4.69) is 15.0 Å². The molecule has 0 unspecified atom stereocenters. The van der Waals surface area contributed by atoms with Gasteiger partial charge in [-0.25, -0.2) is 0 Å². The van der Waals surface area contributed by atoms with E-state index >= 15 is 0 Å². The fraction of sp³-hybridized carbons (Fsp3) is 0.286. The van der Waals surface area contributed by atoms with Crippen LogP contribution in [-0.4, -0.2) is 22.0 Å². The van der Waals surface area contributed by atoms with Gasteiger partial charge < -0.3 is 0 Å². The van der Waals surface area contributed by atoms with Crippen molar-refractivity contribution >= 4 is 28.7 Å². The number of carbonyl (C=O) groups excluding carboxylic acids is 1. The molecule has 0 amide bonds. The summed E-state index contributed by atoms with van der Waals surface area (Å²) in [5, 5.41) is 0. The number of carbonyl (C=O) groups is 1. The number of aromatic nitrogens is 2. The van der Waals surface area contributed by atoms with Crippen LogP contribution in [0.2, 0.25) is 0 Å². The zero-order chi connectivity index (χ0) is 13.5. The van der Waals surface area contributed by atoms with Crippen molar-refractivity contribution in [1.82, 2.24) is 9.97 Å². The molecule has 0 saturated heterocycles. The Balaban J connectivity index is 0.000000771. The smallest absolute Gasteiger partial charge is 0.162 e. The van der Waals surface area contributed by atoms with Crippen LogP contribution in [0.5, 0.6) is 0 Å². The summed E-state index contributed by atoms with van der Waals surface area (Å²) in [5.74, 6) is -0.0202. The van der Waals surface area contributed by atoms with Gasteiger partial charge in [-0.05, 0) is 26.0 Å². The van der Waals surface area contributed by atoms with Crippen LogP contribution in [0.1, 0.15) is 38.1 Å². The van der Waals surface area contributed by atoms with Gasteiger partial charge in [0.25, 0.3) is 0 Å². The molecule has 0 fully saturated rings. The van der Waals surface area contributed by atoms with E-state index in [9.17, 15) is 4.79 Å². The monoisotopic (exact) mass is 243 g/mol. The predicted molar refractivity (Wildman–Crippen MR) is 74.7 cm³/mol. The van der Waals surface area contributed by atoms with Crippen LogP contribution >= 0.6 is 0 Å². The standard InChI is InChI=1S/C12H11N3O.C2H6/c1-3-13-11-9(8(2)16)4-5-10-12(11)15-7-6-14-10;1-2/h3-7H,1-2H3;1-2H3. The zero-order valence-corrected chi connectivity index (χ0v) is 11.1. The average molecular weight is 243 g/mol. The molecule has 1 aromatic heterocycles. The number of hydrogen-bond donors (Lipinski definition) is 0. The summed E-state index contributed by atoms with van der Waals surface area (Å²) in [6, 6.07) is 3.52. The van der Waals surface area contributed by atoms with Crippen molar-refractivity contribution in [2.24, 2.45) is 4.99 Å². The lowest BCUT2D eigenvalue weighted by molar-refractivity contribution is 0.101. The molecular weight excluding hydrogens is 226 g/mol. The number of benzene rings is 1. The van der Waals surface area contributed by atoms with Crippen molar-refractivity contribution in [3.05, 3.63) is 30.1 Å². The fourth-order valence-corrected chi connectivity index (χ4v) is 1.57. The maximum atomic E-state index is 11.5. The van der Waals surface area contributed by atoms with E-state index in [4.69, 9.17) is 0 Å². The van der Waals surface area contributed by atoms with Crippen molar-refractivity contribution in [1.29, 1.82) is 0 Å². The van der Waals surface area contributed by atoms with Gasteiger partial charge in [-0.1, -0.05) is 13.8 Å². The number of aliphatic imine (C=N–C) groups is 1. The number of Topliss-reactive ketones (excluding diaryl/α,β-unsaturated/α-hetero) is 1. The zero-order valence-electron chi connectivity index (χ0n) is 11.1. The summed E-state index contributed by atoms with van der Waals surface area (Å²) >= 11 is 0. The molecule has 1 aromatic carbocycles. The lowest BCUT2D eigenvalue weighted by Gasteiger charge is -2.04. The number of nitrogens with zero attached hydrogens (tertiary/aromatic N) is 3. The van der Waals surface area contributed by atoms with E-state index in [-0.39, 0.29) is 5.78 Å². The van der Waals surface area contributed by atoms with E-state index in [0.717, 1.165) is 5.52 Å². The minimum Gasteiger partial charge on any atom is -0.294 e. The van der Waals surface area contributed by atoms with Gasteiger partial charge >= 0.3 is 0 Å². The van der Waals surface area contributed by atoms with Gasteiger partial charge in [-0.3, -0.25) is 19.8 Å². The topological polar surface area (TPSA) is 55.2 Å². The van der Waals surface area contributed by atoms with Crippen molar-refractivity contribution < 1.29 is 4.79 Å². The van der Waals surface area contributed by atoms with Crippen molar-refractivity contribution in [3.63, 3.8) is 0 Å². The highest BCUT2D eigenvalue weighted by Gasteiger charge is 2.11. The third kappa shape index (κ3) is 2.77. The second-order valence-electron chi connectivity index (χ2n) is 3.33. The summed E-state index contributed by atoms with van der Waals surface area (Å²) in [5.41, 5.74) is 2.58. The van der Waals surface area contributed by atoms with Crippen LogP contribution in [0.15, 0.2) is 29.5 Å².